The van der Waals surface area contributed by atoms with E-state index in [1.807, 2.05) is 13.0 Å². The fourth-order valence-electron chi connectivity index (χ4n) is 2.98. The number of hydrogen-bond donors (Lipinski definition) is 2. The molecule has 2 N–H and O–H groups in total. The second-order valence-corrected chi connectivity index (χ2v) is 6.62. The number of aryl methyl sites for hydroxylation is 1. The Balaban J connectivity index is 2.03. The monoisotopic (exact) mass is 274 g/mol. The van der Waals surface area contributed by atoms with Crippen LogP contribution in [0.5, 0.6) is 0 Å². The molecule has 1 heterocycles. The van der Waals surface area contributed by atoms with Gasteiger partial charge < -0.3 is 10.6 Å². The van der Waals surface area contributed by atoms with Crippen molar-refractivity contribution in [3.05, 3.63) is 35.4 Å². The van der Waals surface area contributed by atoms with Crippen LogP contribution < -0.4 is 10.6 Å². The van der Waals surface area contributed by atoms with Crippen LogP contribution in [0, 0.1) is 12.3 Å². The van der Waals surface area contributed by atoms with Crippen LogP contribution >= 0.6 is 0 Å². The molecule has 0 bridgehead atoms. The highest BCUT2D eigenvalue weighted by atomic mass is 16.2. The molecule has 1 aliphatic rings. The number of carbonyl (C=O) groups excluding carboxylic acids is 1. The summed E-state index contributed by atoms with van der Waals surface area (Å²) in [5.41, 5.74) is 2.40. The summed E-state index contributed by atoms with van der Waals surface area (Å²) in [6, 6.07) is 8.26. The molecule has 110 valence electrons. The Morgan fingerprint density at radius 3 is 2.85 bits per heavy atom. The van der Waals surface area contributed by atoms with E-state index in [1.165, 1.54) is 5.56 Å². The third kappa shape index (κ3) is 3.40. The van der Waals surface area contributed by atoms with Gasteiger partial charge in [0.25, 0.3) is 0 Å². The Kier molecular flexibility index (Phi) is 4.48. The summed E-state index contributed by atoms with van der Waals surface area (Å²) in [6.07, 6.45) is 2.24. The van der Waals surface area contributed by atoms with Crippen LogP contribution in [0.3, 0.4) is 0 Å². The van der Waals surface area contributed by atoms with Crippen LogP contribution in [-0.4, -0.2) is 18.5 Å². The first kappa shape index (κ1) is 15.0. The van der Waals surface area contributed by atoms with E-state index >= 15 is 0 Å². The third-order valence-corrected chi connectivity index (χ3v) is 4.29. The maximum Gasteiger partial charge on any atom is 0.238 e. The minimum Gasteiger partial charge on any atom is -0.348 e. The molecule has 0 spiro atoms. The zero-order valence-corrected chi connectivity index (χ0v) is 13.0. The first-order valence-corrected chi connectivity index (χ1v) is 7.50. The molecule has 0 saturated carbocycles. The molecule has 1 fully saturated rings. The van der Waals surface area contributed by atoms with E-state index in [9.17, 15) is 4.79 Å². The van der Waals surface area contributed by atoms with Gasteiger partial charge in [0.2, 0.25) is 5.91 Å². The van der Waals surface area contributed by atoms with E-state index in [-0.39, 0.29) is 23.4 Å². The van der Waals surface area contributed by atoms with Gasteiger partial charge in [0.05, 0.1) is 12.1 Å². The molecule has 1 aliphatic heterocycles. The first-order valence-electron chi connectivity index (χ1n) is 7.50. The van der Waals surface area contributed by atoms with E-state index < -0.39 is 0 Å². The van der Waals surface area contributed by atoms with E-state index in [4.69, 9.17) is 0 Å². The van der Waals surface area contributed by atoms with Gasteiger partial charge in [-0.15, -0.1) is 0 Å². The van der Waals surface area contributed by atoms with Crippen molar-refractivity contribution in [3.63, 3.8) is 0 Å². The molecule has 3 heteroatoms. The van der Waals surface area contributed by atoms with Crippen LogP contribution in [0.2, 0.25) is 0 Å². The molecule has 1 aromatic rings. The fourth-order valence-corrected chi connectivity index (χ4v) is 2.98. The van der Waals surface area contributed by atoms with Crippen LogP contribution in [-0.2, 0) is 4.79 Å². The number of nitrogens with one attached hydrogen (secondary N) is 2. The lowest BCUT2D eigenvalue weighted by atomic mass is 9.77. The van der Waals surface area contributed by atoms with E-state index in [0.29, 0.717) is 0 Å². The summed E-state index contributed by atoms with van der Waals surface area (Å²) in [5, 5.41) is 6.51. The fraction of sp³-hybridized carbons (Fsp3) is 0.588. The molecule has 3 nitrogen and oxygen atoms in total. The molecular formula is C17H26N2O. The number of amides is 1. The Labute approximate surface area is 122 Å². The van der Waals surface area contributed by atoms with Gasteiger partial charge in [0.1, 0.15) is 0 Å². The lowest BCUT2D eigenvalue weighted by Crippen LogP contribution is -2.55. The van der Waals surface area contributed by atoms with Crippen molar-refractivity contribution in [2.75, 3.05) is 6.54 Å². The summed E-state index contributed by atoms with van der Waals surface area (Å²) in [6.45, 7) is 9.38. The van der Waals surface area contributed by atoms with E-state index in [2.05, 4.69) is 49.6 Å². The van der Waals surface area contributed by atoms with E-state index in [0.717, 1.165) is 24.9 Å². The van der Waals surface area contributed by atoms with Gasteiger partial charge in [-0.3, -0.25) is 4.79 Å². The molecule has 1 unspecified atom stereocenters. The number of carbonyl (C=O) groups is 1. The Bertz CT molecular complexity index is 482. The summed E-state index contributed by atoms with van der Waals surface area (Å²) in [7, 11) is 0. The Morgan fingerprint density at radius 2 is 2.20 bits per heavy atom. The maximum absolute atomic E-state index is 12.5. The standard InChI is InChI=1S/C17H26N2O/c1-12-7-5-8-14(11-12)13(2)19-16(20)15-17(3,4)9-6-10-18-15/h5,7-8,11,13,15,18H,6,9-10H2,1-4H3,(H,19,20)/t13-,15?/m1/s1. The largest absolute Gasteiger partial charge is 0.348 e. The molecule has 1 amide bonds. The average molecular weight is 274 g/mol. The molecule has 0 aromatic heterocycles. The van der Waals surface area contributed by atoms with Crippen molar-refractivity contribution in [1.29, 1.82) is 0 Å². The van der Waals surface area contributed by atoms with Gasteiger partial charge in [-0.25, -0.2) is 0 Å². The molecule has 0 radical (unpaired) electrons. The van der Waals surface area contributed by atoms with Crippen molar-refractivity contribution >= 4 is 5.91 Å². The normalized spacial score (nSPS) is 23.1. The van der Waals surface area contributed by atoms with Gasteiger partial charge in [-0.05, 0) is 44.2 Å². The number of hydrogen-bond acceptors (Lipinski definition) is 2. The summed E-state index contributed by atoms with van der Waals surface area (Å²) in [5.74, 6) is 0.115. The van der Waals surface area contributed by atoms with Crippen molar-refractivity contribution in [3.8, 4) is 0 Å². The highest BCUT2D eigenvalue weighted by Gasteiger charge is 2.37. The van der Waals surface area contributed by atoms with Crippen molar-refractivity contribution in [2.45, 2.75) is 52.6 Å². The predicted molar refractivity (Wildman–Crippen MR) is 82.5 cm³/mol. The van der Waals surface area contributed by atoms with Crippen molar-refractivity contribution in [1.82, 2.24) is 10.6 Å². The van der Waals surface area contributed by atoms with Crippen LogP contribution in [0.15, 0.2) is 24.3 Å². The smallest absolute Gasteiger partial charge is 0.238 e. The zero-order valence-electron chi connectivity index (χ0n) is 13.0. The van der Waals surface area contributed by atoms with Crippen molar-refractivity contribution in [2.24, 2.45) is 5.41 Å². The van der Waals surface area contributed by atoms with Gasteiger partial charge in [0.15, 0.2) is 0 Å². The quantitative estimate of drug-likeness (QED) is 0.889. The van der Waals surface area contributed by atoms with Gasteiger partial charge in [-0.2, -0.15) is 0 Å². The molecule has 2 rings (SSSR count). The lowest BCUT2D eigenvalue weighted by Gasteiger charge is -2.38. The second-order valence-electron chi connectivity index (χ2n) is 6.62. The van der Waals surface area contributed by atoms with Gasteiger partial charge in [0, 0.05) is 0 Å². The topological polar surface area (TPSA) is 41.1 Å². The Morgan fingerprint density at radius 1 is 1.45 bits per heavy atom. The maximum atomic E-state index is 12.5. The number of rotatable bonds is 3. The summed E-state index contributed by atoms with van der Waals surface area (Å²) in [4.78, 5) is 12.5. The highest BCUT2D eigenvalue weighted by molar-refractivity contribution is 5.83. The molecule has 1 saturated heterocycles. The first-order chi connectivity index (χ1) is 9.40. The summed E-state index contributed by atoms with van der Waals surface area (Å²) < 4.78 is 0. The van der Waals surface area contributed by atoms with Gasteiger partial charge in [-0.1, -0.05) is 43.7 Å². The van der Waals surface area contributed by atoms with Gasteiger partial charge >= 0.3 is 0 Å². The van der Waals surface area contributed by atoms with E-state index in [1.54, 1.807) is 0 Å². The Hall–Kier alpha value is -1.35. The number of benzene rings is 1. The summed E-state index contributed by atoms with van der Waals surface area (Å²) >= 11 is 0. The minimum absolute atomic E-state index is 0.0225. The van der Waals surface area contributed by atoms with Crippen molar-refractivity contribution < 1.29 is 4.79 Å². The second kappa shape index (κ2) is 5.96. The average Bonchev–Trinajstić information content (AvgIpc) is 2.37. The zero-order chi connectivity index (χ0) is 14.8. The van der Waals surface area contributed by atoms with Crippen LogP contribution in [0.25, 0.3) is 0 Å². The highest BCUT2D eigenvalue weighted by Crippen LogP contribution is 2.30. The third-order valence-electron chi connectivity index (χ3n) is 4.29. The number of piperidine rings is 1. The SMILES string of the molecule is Cc1cccc([C@@H](C)NC(=O)C2NCCCC2(C)C)c1. The molecule has 1 aromatic carbocycles. The van der Waals surface area contributed by atoms with Crippen LogP contribution in [0.4, 0.5) is 0 Å². The molecule has 20 heavy (non-hydrogen) atoms. The molecule has 2 atom stereocenters. The predicted octanol–water partition coefficient (Wildman–Crippen LogP) is 2.95. The minimum atomic E-state index is -0.0940. The molecular weight excluding hydrogens is 248 g/mol. The molecule has 0 aliphatic carbocycles. The lowest BCUT2D eigenvalue weighted by molar-refractivity contribution is -0.127. The van der Waals surface area contributed by atoms with Crippen LogP contribution in [0.1, 0.15) is 50.8 Å².